The summed E-state index contributed by atoms with van der Waals surface area (Å²) in [6.07, 6.45) is 10.4. The monoisotopic (exact) mass is 271 g/mol. The van der Waals surface area contributed by atoms with E-state index in [1.54, 1.807) is 0 Å². The van der Waals surface area contributed by atoms with E-state index in [0.717, 1.165) is 19.5 Å². The molecule has 1 aliphatic carbocycles. The Morgan fingerprint density at radius 3 is 2.90 bits per heavy atom. The highest BCUT2D eigenvalue weighted by Crippen LogP contribution is 2.36. The lowest BCUT2D eigenvalue weighted by Gasteiger charge is -2.16. The summed E-state index contributed by atoms with van der Waals surface area (Å²) in [6, 6.07) is 0. The third-order valence-corrected chi connectivity index (χ3v) is 4.58. The Balaban J connectivity index is 1.86. The summed E-state index contributed by atoms with van der Waals surface area (Å²) >= 11 is 0. The molecule has 0 radical (unpaired) electrons. The zero-order valence-electron chi connectivity index (χ0n) is 12.0. The fourth-order valence-corrected chi connectivity index (χ4v) is 3.60. The van der Waals surface area contributed by atoms with Crippen LogP contribution in [0.15, 0.2) is 12.4 Å². The van der Waals surface area contributed by atoms with Gasteiger partial charge in [-0.15, -0.1) is 0 Å². The van der Waals surface area contributed by atoms with Gasteiger partial charge in [0.25, 0.3) is 0 Å². The van der Waals surface area contributed by atoms with E-state index in [2.05, 4.69) is 21.2 Å². The van der Waals surface area contributed by atoms with Crippen LogP contribution in [0.1, 0.15) is 48.8 Å². The number of nitrogens with zero attached hydrogens (tertiary/aromatic N) is 4. The molecule has 20 heavy (non-hydrogen) atoms. The molecule has 2 aliphatic rings. The molecule has 0 spiro atoms. The van der Waals surface area contributed by atoms with Crippen molar-refractivity contribution in [2.24, 2.45) is 7.05 Å². The van der Waals surface area contributed by atoms with Gasteiger partial charge in [0.05, 0.1) is 17.6 Å². The SMILES string of the molecule is Cn1cc(-n2c(C3CCCC3)nc3c2CCNC3)cn1. The van der Waals surface area contributed by atoms with Crippen LogP contribution < -0.4 is 5.32 Å². The Hall–Kier alpha value is -1.62. The molecular weight excluding hydrogens is 250 g/mol. The highest BCUT2D eigenvalue weighted by Gasteiger charge is 2.28. The molecule has 1 aliphatic heterocycles. The third kappa shape index (κ3) is 1.88. The predicted octanol–water partition coefficient (Wildman–Crippen LogP) is 1.91. The molecular formula is C15H21N5. The van der Waals surface area contributed by atoms with Crippen molar-refractivity contribution in [2.75, 3.05) is 6.54 Å². The zero-order valence-corrected chi connectivity index (χ0v) is 12.0. The van der Waals surface area contributed by atoms with Crippen molar-refractivity contribution in [3.05, 3.63) is 29.6 Å². The molecule has 1 saturated carbocycles. The summed E-state index contributed by atoms with van der Waals surface area (Å²) in [6.45, 7) is 1.95. The molecule has 1 fully saturated rings. The van der Waals surface area contributed by atoms with Gasteiger partial charge in [-0.05, 0) is 12.8 Å². The Bertz CT molecular complexity index is 618. The summed E-state index contributed by atoms with van der Waals surface area (Å²) in [5.41, 5.74) is 3.80. The van der Waals surface area contributed by atoms with Crippen molar-refractivity contribution in [1.29, 1.82) is 0 Å². The Kier molecular flexibility index (Phi) is 2.88. The van der Waals surface area contributed by atoms with Gasteiger partial charge in [0.1, 0.15) is 5.82 Å². The highest BCUT2D eigenvalue weighted by atomic mass is 15.3. The predicted molar refractivity (Wildman–Crippen MR) is 76.9 cm³/mol. The lowest BCUT2D eigenvalue weighted by molar-refractivity contribution is 0.617. The molecule has 0 aromatic carbocycles. The summed E-state index contributed by atoms with van der Waals surface area (Å²) < 4.78 is 4.26. The van der Waals surface area contributed by atoms with E-state index in [1.165, 1.54) is 48.6 Å². The van der Waals surface area contributed by atoms with Crippen molar-refractivity contribution in [1.82, 2.24) is 24.6 Å². The molecule has 1 N–H and O–H groups in total. The maximum absolute atomic E-state index is 4.98. The average Bonchev–Trinajstić information content (AvgIpc) is 3.16. The third-order valence-electron chi connectivity index (χ3n) is 4.58. The second-order valence-corrected chi connectivity index (χ2v) is 5.98. The molecule has 106 valence electrons. The molecule has 0 amide bonds. The van der Waals surface area contributed by atoms with Gasteiger partial charge in [-0.3, -0.25) is 9.25 Å². The largest absolute Gasteiger partial charge is 0.311 e. The molecule has 0 saturated heterocycles. The van der Waals surface area contributed by atoms with Crippen LogP contribution >= 0.6 is 0 Å². The van der Waals surface area contributed by atoms with Crippen LogP contribution in [0, 0.1) is 0 Å². The summed E-state index contributed by atoms with van der Waals surface area (Å²) in [4.78, 5) is 4.98. The number of aromatic nitrogens is 4. The molecule has 4 rings (SSSR count). The number of hydrogen-bond acceptors (Lipinski definition) is 3. The number of imidazole rings is 1. The molecule has 5 heteroatoms. The summed E-state index contributed by atoms with van der Waals surface area (Å²) in [5.74, 6) is 1.89. The fourth-order valence-electron chi connectivity index (χ4n) is 3.60. The van der Waals surface area contributed by atoms with Gasteiger partial charge in [-0.25, -0.2) is 4.98 Å². The van der Waals surface area contributed by atoms with E-state index in [0.29, 0.717) is 5.92 Å². The normalized spacial score (nSPS) is 19.4. The van der Waals surface area contributed by atoms with E-state index in [1.807, 2.05) is 17.9 Å². The quantitative estimate of drug-likeness (QED) is 0.907. The van der Waals surface area contributed by atoms with Gasteiger partial charge in [0.2, 0.25) is 0 Å². The van der Waals surface area contributed by atoms with Crippen molar-refractivity contribution < 1.29 is 0 Å². The van der Waals surface area contributed by atoms with Crippen LogP contribution in [-0.4, -0.2) is 25.9 Å². The van der Waals surface area contributed by atoms with Crippen LogP contribution in [0.25, 0.3) is 5.69 Å². The smallest absolute Gasteiger partial charge is 0.117 e. The van der Waals surface area contributed by atoms with Gasteiger partial charge >= 0.3 is 0 Å². The minimum atomic E-state index is 0.626. The number of aryl methyl sites for hydroxylation is 1. The molecule has 0 unspecified atom stereocenters. The first-order valence-electron chi connectivity index (χ1n) is 7.63. The Morgan fingerprint density at radius 1 is 1.30 bits per heavy atom. The minimum absolute atomic E-state index is 0.626. The average molecular weight is 271 g/mol. The lowest BCUT2D eigenvalue weighted by atomic mass is 10.1. The van der Waals surface area contributed by atoms with E-state index >= 15 is 0 Å². The molecule has 2 aromatic rings. The standard InChI is InChI=1S/C15H21N5/c1-19-10-12(8-17-19)20-14-6-7-16-9-13(14)18-15(20)11-4-2-3-5-11/h8,10-11,16H,2-7,9H2,1H3. The van der Waals surface area contributed by atoms with Gasteiger partial charge in [0.15, 0.2) is 0 Å². The molecule has 3 heterocycles. The minimum Gasteiger partial charge on any atom is -0.311 e. The van der Waals surface area contributed by atoms with Crippen molar-refractivity contribution in [2.45, 2.75) is 44.6 Å². The van der Waals surface area contributed by atoms with Gasteiger partial charge in [-0.2, -0.15) is 5.10 Å². The van der Waals surface area contributed by atoms with Crippen molar-refractivity contribution in [3.63, 3.8) is 0 Å². The highest BCUT2D eigenvalue weighted by molar-refractivity contribution is 5.36. The Labute approximate surface area is 119 Å². The summed E-state index contributed by atoms with van der Waals surface area (Å²) in [5, 5.41) is 7.77. The first kappa shape index (κ1) is 12.1. The molecule has 0 atom stereocenters. The van der Waals surface area contributed by atoms with Crippen molar-refractivity contribution >= 4 is 0 Å². The van der Waals surface area contributed by atoms with Crippen LogP contribution in [0.5, 0.6) is 0 Å². The fraction of sp³-hybridized carbons (Fsp3) is 0.600. The maximum Gasteiger partial charge on any atom is 0.117 e. The topological polar surface area (TPSA) is 47.7 Å². The van der Waals surface area contributed by atoms with Crippen LogP contribution in [-0.2, 0) is 20.0 Å². The Morgan fingerprint density at radius 2 is 2.15 bits per heavy atom. The molecule has 0 bridgehead atoms. The van der Waals surface area contributed by atoms with Crippen LogP contribution in [0.4, 0.5) is 0 Å². The van der Waals surface area contributed by atoms with E-state index in [-0.39, 0.29) is 0 Å². The van der Waals surface area contributed by atoms with Crippen LogP contribution in [0.3, 0.4) is 0 Å². The lowest BCUT2D eigenvalue weighted by Crippen LogP contribution is -2.24. The van der Waals surface area contributed by atoms with Gasteiger partial charge in [-0.1, -0.05) is 12.8 Å². The number of nitrogens with one attached hydrogen (secondary N) is 1. The summed E-state index contributed by atoms with van der Waals surface area (Å²) in [7, 11) is 1.98. The zero-order chi connectivity index (χ0) is 13.5. The first-order valence-corrected chi connectivity index (χ1v) is 7.63. The molecule has 5 nitrogen and oxygen atoms in total. The van der Waals surface area contributed by atoms with E-state index in [9.17, 15) is 0 Å². The second kappa shape index (κ2) is 4.74. The first-order chi connectivity index (χ1) is 9.83. The molecule has 2 aromatic heterocycles. The van der Waals surface area contributed by atoms with Crippen LogP contribution in [0.2, 0.25) is 0 Å². The maximum atomic E-state index is 4.98. The second-order valence-electron chi connectivity index (χ2n) is 5.98. The number of rotatable bonds is 2. The number of fused-ring (bicyclic) bond motifs is 1. The van der Waals surface area contributed by atoms with E-state index in [4.69, 9.17) is 4.98 Å². The van der Waals surface area contributed by atoms with E-state index < -0.39 is 0 Å². The number of hydrogen-bond donors (Lipinski definition) is 1. The van der Waals surface area contributed by atoms with Gasteiger partial charge < -0.3 is 5.32 Å². The van der Waals surface area contributed by atoms with Crippen molar-refractivity contribution in [3.8, 4) is 5.69 Å². The van der Waals surface area contributed by atoms with Gasteiger partial charge in [0, 0.05) is 44.4 Å².